The molecular formula is C75H70ClFN14O10. The number of methoxy groups -OCH3 is 1. The molecule has 3 amide bonds. The number of nitrogens with zero attached hydrogens (tertiary/aromatic N) is 14. The molecule has 101 heavy (non-hydrogen) atoms. The molecule has 7 heterocycles. The van der Waals surface area contributed by atoms with Gasteiger partial charge in [0.2, 0.25) is 0 Å². The van der Waals surface area contributed by atoms with Gasteiger partial charge in [-0.1, -0.05) is 78.3 Å². The van der Waals surface area contributed by atoms with Crippen LogP contribution in [0.25, 0.3) is 32.7 Å². The molecule has 4 aromatic heterocycles. The van der Waals surface area contributed by atoms with Crippen LogP contribution in [0.4, 0.5) is 27.3 Å². The van der Waals surface area contributed by atoms with E-state index in [9.17, 15) is 59.1 Å². The molecule has 6 aromatic carbocycles. The molecule has 0 spiro atoms. The minimum absolute atomic E-state index is 0.0334. The number of amides is 3. The van der Waals surface area contributed by atoms with E-state index in [1.54, 1.807) is 88.9 Å². The zero-order valence-corrected chi connectivity index (χ0v) is 56.7. The molecule has 10 aromatic rings. The van der Waals surface area contributed by atoms with Gasteiger partial charge in [0.05, 0.1) is 53.3 Å². The van der Waals surface area contributed by atoms with Crippen molar-refractivity contribution in [1.29, 1.82) is 15.8 Å². The molecule has 13 rings (SSSR count). The van der Waals surface area contributed by atoms with Gasteiger partial charge in [0, 0.05) is 124 Å². The summed E-state index contributed by atoms with van der Waals surface area (Å²) in [6.45, 7) is 7.08. The van der Waals surface area contributed by atoms with Crippen molar-refractivity contribution in [2.45, 2.75) is 19.5 Å². The Hall–Kier alpha value is -12.1. The minimum Gasteiger partial charge on any atom is -0.497 e. The number of halogens is 2. The Morgan fingerprint density at radius 1 is 0.554 bits per heavy atom. The van der Waals surface area contributed by atoms with Gasteiger partial charge in [0.1, 0.15) is 51.4 Å². The Balaban J connectivity index is 0.000000153. The van der Waals surface area contributed by atoms with Gasteiger partial charge in [-0.25, -0.2) is 4.39 Å². The van der Waals surface area contributed by atoms with Gasteiger partial charge in [0.15, 0.2) is 5.76 Å². The SMILES string of the molecule is COc1ccc(C(=O)N2CCN(c3c(C#N)c(=O)n(CCCN(C)C)c4ccccc34)CC2)cc1.Cn1c(=O)c(C#N)c(N2CCN(C(=O)c3ccc([N+](=O)[O-])o3)CC2)c2ccccc21.N#Cc1c(N2CCN(C(=O)c3ccc(Cl)cc3)CC2)c2ccccc2n(Cc2ccc(F)cc2)c1=O. The fourth-order valence-electron chi connectivity index (χ4n) is 13.0. The fourth-order valence-corrected chi connectivity index (χ4v) is 13.2. The standard InChI is InChI=1S/C28H22ClFN4O2.C27H31N5O3.C20H17N5O5/c29-21-9-7-20(8-10-21)27(35)33-15-13-32(14-16-33)26-23-3-1-2-4-25(23)34(28(36)24(26)17-31)18-19-5-11-22(30)12-6-19;1-29(2)13-6-14-32-24-8-5-4-7-22(24)25(23(19-28)27(32)34)30-15-17-31(18-16-30)26(33)20-9-11-21(35-3)12-10-20;1-22-15-5-3-2-4-13(15)18(14(12-21)19(22)26)23-8-10-24(11-9-23)20(27)16-6-7-17(30-16)25(28)29/h1-12H,13-16,18H2;4-5,7-12H,6,13-18H2,1-3H3;2-7H,8-11H2,1H3. The second-order valence-corrected chi connectivity index (χ2v) is 25.0. The molecule has 0 aliphatic carbocycles. The molecule has 0 N–H and O–H groups in total. The molecule has 0 bridgehead atoms. The third-order valence-electron chi connectivity index (χ3n) is 18.2. The number of carbonyl (C=O) groups excluding carboxylic acids is 3. The van der Waals surface area contributed by atoms with E-state index in [2.05, 4.69) is 21.9 Å². The summed E-state index contributed by atoms with van der Waals surface area (Å²) in [5.41, 5.74) is 5.31. The maximum Gasteiger partial charge on any atom is 0.433 e. The highest BCUT2D eigenvalue weighted by Gasteiger charge is 2.32. The lowest BCUT2D eigenvalue weighted by Gasteiger charge is -2.37. The summed E-state index contributed by atoms with van der Waals surface area (Å²) >= 11 is 5.94. The number of anilines is 3. The predicted molar refractivity (Wildman–Crippen MR) is 383 cm³/mol. The third-order valence-corrected chi connectivity index (χ3v) is 18.5. The van der Waals surface area contributed by atoms with Gasteiger partial charge in [-0.3, -0.25) is 38.9 Å². The third kappa shape index (κ3) is 15.0. The number of fused-ring (bicyclic) bond motifs is 3. The Bertz CT molecular complexity index is 5110. The van der Waals surface area contributed by atoms with E-state index in [0.29, 0.717) is 130 Å². The first-order chi connectivity index (χ1) is 48.8. The highest BCUT2D eigenvalue weighted by molar-refractivity contribution is 6.30. The second-order valence-electron chi connectivity index (χ2n) is 24.5. The highest BCUT2D eigenvalue weighted by Crippen LogP contribution is 2.34. The first kappa shape index (κ1) is 70.2. The van der Waals surface area contributed by atoms with Crippen LogP contribution in [0.15, 0.2) is 177 Å². The molecule has 0 radical (unpaired) electrons. The number of piperazine rings is 3. The smallest absolute Gasteiger partial charge is 0.433 e. The van der Waals surface area contributed by atoms with Crippen molar-refractivity contribution in [3.05, 3.63) is 249 Å². The predicted octanol–water partition coefficient (Wildman–Crippen LogP) is 9.35. The van der Waals surface area contributed by atoms with Gasteiger partial charge in [-0.05, 0) is 118 Å². The van der Waals surface area contributed by atoms with Crippen molar-refractivity contribution < 1.29 is 32.9 Å². The van der Waals surface area contributed by atoms with Gasteiger partial charge < -0.3 is 57.2 Å². The summed E-state index contributed by atoms with van der Waals surface area (Å²) in [4.78, 5) is 101. The van der Waals surface area contributed by atoms with Crippen LogP contribution in [-0.2, 0) is 20.1 Å². The first-order valence-corrected chi connectivity index (χ1v) is 33.0. The molecule has 3 aliphatic rings. The highest BCUT2D eigenvalue weighted by atomic mass is 35.5. The van der Waals surface area contributed by atoms with Crippen LogP contribution in [0.3, 0.4) is 0 Å². The van der Waals surface area contributed by atoms with E-state index in [4.69, 9.17) is 20.8 Å². The van der Waals surface area contributed by atoms with Gasteiger partial charge >= 0.3 is 5.88 Å². The monoisotopic (exact) mass is 1380 g/mol. The number of nitriles is 3. The molecule has 3 saturated heterocycles. The van der Waals surface area contributed by atoms with Crippen LogP contribution in [0, 0.1) is 49.9 Å². The van der Waals surface area contributed by atoms with E-state index in [0.717, 1.165) is 51.8 Å². The van der Waals surface area contributed by atoms with E-state index < -0.39 is 22.3 Å². The number of nitro groups is 1. The molecule has 24 nitrogen and oxygen atoms in total. The van der Waals surface area contributed by atoms with Gasteiger partial charge in [0.25, 0.3) is 34.4 Å². The minimum atomic E-state index is -0.695. The number of benzene rings is 6. The maximum absolute atomic E-state index is 13.5. The molecule has 0 saturated carbocycles. The van der Waals surface area contributed by atoms with E-state index in [1.165, 1.54) is 27.7 Å². The maximum atomic E-state index is 13.5. The van der Waals surface area contributed by atoms with Crippen LogP contribution in [0.2, 0.25) is 5.02 Å². The number of aryl methyl sites for hydroxylation is 2. The van der Waals surface area contributed by atoms with E-state index in [1.807, 2.05) is 108 Å². The van der Waals surface area contributed by atoms with Crippen LogP contribution >= 0.6 is 11.6 Å². The van der Waals surface area contributed by atoms with Crippen LogP contribution < -0.4 is 36.1 Å². The van der Waals surface area contributed by atoms with Crippen LogP contribution in [0.5, 0.6) is 5.75 Å². The average molecular weight is 1380 g/mol. The summed E-state index contributed by atoms with van der Waals surface area (Å²) in [7, 11) is 7.24. The number of ether oxygens (including phenoxy) is 1. The summed E-state index contributed by atoms with van der Waals surface area (Å²) in [5.74, 6) is -0.761. The number of carbonyl (C=O) groups is 3. The second kappa shape index (κ2) is 31.2. The number of rotatable bonds is 14. The van der Waals surface area contributed by atoms with Crippen molar-refractivity contribution in [2.75, 3.05) is 121 Å². The lowest BCUT2D eigenvalue weighted by molar-refractivity contribution is -0.402. The normalized spacial score (nSPS) is 13.8. The van der Waals surface area contributed by atoms with Crippen LogP contribution in [0.1, 0.15) is 59.9 Å². The lowest BCUT2D eigenvalue weighted by atomic mass is 10.1. The van der Waals surface area contributed by atoms with Gasteiger partial charge in [-0.2, -0.15) is 15.8 Å². The number of hydrogen-bond acceptors (Lipinski definition) is 17. The Kier molecular flexibility index (Phi) is 21.7. The lowest BCUT2D eigenvalue weighted by Crippen LogP contribution is -2.49. The zero-order chi connectivity index (χ0) is 71.6. The number of aromatic nitrogens is 3. The Morgan fingerprint density at radius 3 is 1.42 bits per heavy atom. The van der Waals surface area contributed by atoms with Crippen molar-refractivity contribution in [2.24, 2.45) is 7.05 Å². The summed E-state index contributed by atoms with van der Waals surface area (Å²) in [5, 5.41) is 43.4. The fraction of sp³-hybridized carbons (Fsp3) is 0.267. The van der Waals surface area contributed by atoms with Gasteiger partial charge in [-0.15, -0.1) is 0 Å². The molecule has 0 atom stereocenters. The van der Waals surface area contributed by atoms with Crippen molar-refractivity contribution in [3.63, 3.8) is 0 Å². The molecular weight excluding hydrogens is 1310 g/mol. The van der Waals surface area contributed by atoms with Crippen molar-refractivity contribution in [1.82, 2.24) is 33.3 Å². The van der Waals surface area contributed by atoms with Crippen LogP contribution in [-0.4, -0.2) is 162 Å². The number of hydrogen-bond donors (Lipinski definition) is 0. The molecule has 514 valence electrons. The largest absolute Gasteiger partial charge is 0.497 e. The molecule has 3 fully saturated rings. The summed E-state index contributed by atoms with van der Waals surface area (Å²) in [6, 6.07) is 51.3. The Labute approximate surface area is 584 Å². The van der Waals surface area contributed by atoms with E-state index in [-0.39, 0.29) is 57.7 Å². The first-order valence-electron chi connectivity index (χ1n) is 32.6. The number of furan rings is 1. The molecule has 3 aliphatic heterocycles. The number of para-hydroxylation sites is 3. The summed E-state index contributed by atoms with van der Waals surface area (Å²) < 4.78 is 28.3. The quantitative estimate of drug-likeness (QED) is 0.0724. The molecule has 0 unspecified atom stereocenters. The average Bonchev–Trinajstić information content (AvgIpc) is 1.51. The zero-order valence-electron chi connectivity index (χ0n) is 55.9. The Morgan fingerprint density at radius 2 is 0.970 bits per heavy atom. The van der Waals surface area contributed by atoms with E-state index >= 15 is 0 Å². The van der Waals surface area contributed by atoms with Crippen molar-refractivity contribution >= 4 is 85.0 Å². The number of pyridine rings is 3. The van der Waals surface area contributed by atoms with Crippen molar-refractivity contribution in [3.8, 4) is 24.0 Å². The topological polar surface area (TPSA) is 277 Å². The summed E-state index contributed by atoms with van der Waals surface area (Å²) in [6.07, 6.45) is 0.813. The molecule has 26 heteroatoms.